The first-order valence-electron chi connectivity index (χ1n) is 11.6. The summed E-state index contributed by atoms with van der Waals surface area (Å²) in [7, 11) is 3.24. The first kappa shape index (κ1) is 21.9. The van der Waals surface area contributed by atoms with Gasteiger partial charge in [-0.1, -0.05) is 42.5 Å². The molecule has 2 aliphatic rings. The van der Waals surface area contributed by atoms with Crippen LogP contribution in [0.25, 0.3) is 16.8 Å². The standard InChI is InChI=1S/C30H22O6/c1-33-18-9-7-17(8-10-18)15-26-29(32)22-12-14-25-28(30(22)36-26)23(16-27(31)35-25)20-11-13-24(34-2)21-6-4-3-5-19(20)21/h3-15,23H,16H2,1-2H3/b26-15-. The number of carbonyl (C=O) groups excluding carboxylic acids is 2. The molecule has 0 fully saturated rings. The molecule has 6 rings (SSSR count). The number of esters is 1. The van der Waals surface area contributed by atoms with Gasteiger partial charge in [0.05, 0.1) is 26.2 Å². The lowest BCUT2D eigenvalue weighted by Crippen LogP contribution is -2.21. The normalized spacial score (nSPS) is 17.4. The van der Waals surface area contributed by atoms with E-state index in [9.17, 15) is 9.59 Å². The maximum atomic E-state index is 13.3. The number of ketones is 1. The fourth-order valence-corrected chi connectivity index (χ4v) is 5.00. The Morgan fingerprint density at radius 2 is 1.61 bits per heavy atom. The smallest absolute Gasteiger partial charge is 0.312 e. The SMILES string of the molecule is COc1ccc(/C=C2\Oc3c(ccc4c3C(c3ccc(OC)c5ccccc35)CC(=O)O4)C2=O)cc1. The molecule has 6 nitrogen and oxygen atoms in total. The van der Waals surface area contributed by atoms with E-state index in [0.717, 1.165) is 33.4 Å². The van der Waals surface area contributed by atoms with Crippen LogP contribution in [-0.2, 0) is 4.79 Å². The van der Waals surface area contributed by atoms with Gasteiger partial charge in [0, 0.05) is 16.9 Å². The van der Waals surface area contributed by atoms with E-state index in [1.54, 1.807) is 32.4 Å². The van der Waals surface area contributed by atoms with Crippen molar-refractivity contribution in [1.82, 2.24) is 0 Å². The number of rotatable bonds is 4. The molecule has 1 unspecified atom stereocenters. The number of allylic oxidation sites excluding steroid dienone is 1. The summed E-state index contributed by atoms with van der Waals surface area (Å²) in [6, 6.07) is 22.5. The molecule has 1 atom stereocenters. The van der Waals surface area contributed by atoms with Crippen molar-refractivity contribution in [3.63, 3.8) is 0 Å². The summed E-state index contributed by atoms with van der Waals surface area (Å²) >= 11 is 0. The molecule has 178 valence electrons. The van der Waals surface area contributed by atoms with Gasteiger partial charge in [-0.3, -0.25) is 9.59 Å². The van der Waals surface area contributed by atoms with Crippen molar-refractivity contribution in [2.45, 2.75) is 12.3 Å². The minimum Gasteiger partial charge on any atom is -0.497 e. The molecule has 0 saturated carbocycles. The molecule has 0 amide bonds. The molecule has 4 aromatic carbocycles. The fourth-order valence-electron chi connectivity index (χ4n) is 5.00. The molecule has 0 N–H and O–H groups in total. The van der Waals surface area contributed by atoms with Gasteiger partial charge in [0.25, 0.3) is 0 Å². The molecule has 0 radical (unpaired) electrons. The Hall–Kier alpha value is -4.58. The lowest BCUT2D eigenvalue weighted by molar-refractivity contribution is -0.135. The van der Waals surface area contributed by atoms with Gasteiger partial charge in [-0.05, 0) is 52.9 Å². The minimum atomic E-state index is -0.347. The number of fused-ring (bicyclic) bond motifs is 4. The third-order valence-electron chi connectivity index (χ3n) is 6.71. The molecule has 0 saturated heterocycles. The van der Waals surface area contributed by atoms with Crippen LogP contribution in [0.15, 0.2) is 78.6 Å². The van der Waals surface area contributed by atoms with Crippen LogP contribution in [0.4, 0.5) is 0 Å². The van der Waals surface area contributed by atoms with E-state index in [1.165, 1.54) is 0 Å². The monoisotopic (exact) mass is 478 g/mol. The van der Waals surface area contributed by atoms with Gasteiger partial charge in [-0.25, -0.2) is 0 Å². The predicted octanol–water partition coefficient (Wildman–Crippen LogP) is 5.91. The van der Waals surface area contributed by atoms with Crippen molar-refractivity contribution in [3.05, 3.63) is 101 Å². The molecule has 0 bridgehead atoms. The van der Waals surface area contributed by atoms with Gasteiger partial charge in [-0.15, -0.1) is 0 Å². The zero-order chi connectivity index (χ0) is 24.8. The van der Waals surface area contributed by atoms with Gasteiger partial charge in [0.2, 0.25) is 5.78 Å². The van der Waals surface area contributed by atoms with E-state index in [-0.39, 0.29) is 29.9 Å². The molecule has 2 aliphatic heterocycles. The number of ether oxygens (including phenoxy) is 4. The number of carbonyl (C=O) groups is 2. The Morgan fingerprint density at radius 1 is 0.833 bits per heavy atom. The Balaban J connectivity index is 1.48. The van der Waals surface area contributed by atoms with Crippen molar-refractivity contribution in [2.24, 2.45) is 0 Å². The molecule has 2 heterocycles. The molecule has 0 spiro atoms. The van der Waals surface area contributed by atoms with Gasteiger partial charge < -0.3 is 18.9 Å². The largest absolute Gasteiger partial charge is 0.497 e. The van der Waals surface area contributed by atoms with E-state index in [4.69, 9.17) is 18.9 Å². The molecule has 0 aliphatic carbocycles. The number of Topliss-reactive ketones (excluding diaryl/α,β-unsaturated/α-hetero) is 1. The molecular formula is C30H22O6. The zero-order valence-electron chi connectivity index (χ0n) is 19.7. The average molecular weight is 479 g/mol. The lowest BCUT2D eigenvalue weighted by Gasteiger charge is -2.27. The Bertz CT molecular complexity index is 1560. The molecular weight excluding hydrogens is 456 g/mol. The van der Waals surface area contributed by atoms with Crippen LogP contribution < -0.4 is 18.9 Å². The highest BCUT2D eigenvalue weighted by atomic mass is 16.5. The Morgan fingerprint density at radius 3 is 2.36 bits per heavy atom. The highest BCUT2D eigenvalue weighted by molar-refractivity contribution is 6.15. The third kappa shape index (κ3) is 3.50. The highest BCUT2D eigenvalue weighted by Crippen LogP contribution is 2.50. The second-order valence-electron chi connectivity index (χ2n) is 8.70. The number of hydrogen-bond acceptors (Lipinski definition) is 6. The van der Waals surface area contributed by atoms with Crippen molar-refractivity contribution in [2.75, 3.05) is 14.2 Å². The molecule has 0 aromatic heterocycles. The predicted molar refractivity (Wildman–Crippen MR) is 135 cm³/mol. The van der Waals surface area contributed by atoms with E-state index < -0.39 is 0 Å². The first-order valence-corrected chi connectivity index (χ1v) is 11.6. The summed E-state index contributed by atoms with van der Waals surface area (Å²) in [6.45, 7) is 0. The Kier molecular flexibility index (Phi) is 5.22. The van der Waals surface area contributed by atoms with Gasteiger partial charge in [-0.2, -0.15) is 0 Å². The first-order chi connectivity index (χ1) is 17.6. The topological polar surface area (TPSA) is 71.1 Å². The van der Waals surface area contributed by atoms with E-state index in [0.29, 0.717) is 22.6 Å². The summed E-state index contributed by atoms with van der Waals surface area (Å²) in [6.07, 6.45) is 1.84. The van der Waals surface area contributed by atoms with Crippen molar-refractivity contribution in [1.29, 1.82) is 0 Å². The van der Waals surface area contributed by atoms with Crippen molar-refractivity contribution < 1.29 is 28.5 Å². The van der Waals surface area contributed by atoms with Crippen LogP contribution >= 0.6 is 0 Å². The van der Waals surface area contributed by atoms with Crippen LogP contribution in [0, 0.1) is 0 Å². The average Bonchev–Trinajstić information content (AvgIpc) is 3.22. The maximum Gasteiger partial charge on any atom is 0.312 e. The quantitative estimate of drug-likeness (QED) is 0.206. The van der Waals surface area contributed by atoms with Gasteiger partial charge >= 0.3 is 5.97 Å². The van der Waals surface area contributed by atoms with Gasteiger partial charge in [0.15, 0.2) is 5.76 Å². The summed E-state index contributed by atoms with van der Waals surface area (Å²) in [5.41, 5.74) is 2.91. The van der Waals surface area contributed by atoms with Crippen LogP contribution in [0.2, 0.25) is 0 Å². The van der Waals surface area contributed by atoms with Crippen molar-refractivity contribution >= 4 is 28.6 Å². The van der Waals surface area contributed by atoms with Gasteiger partial charge in [0.1, 0.15) is 23.0 Å². The summed E-state index contributed by atoms with van der Waals surface area (Å²) < 4.78 is 22.5. The van der Waals surface area contributed by atoms with E-state index in [1.807, 2.05) is 60.7 Å². The molecule has 4 aromatic rings. The Labute approximate surface area is 207 Å². The highest BCUT2D eigenvalue weighted by Gasteiger charge is 2.39. The minimum absolute atomic E-state index is 0.134. The van der Waals surface area contributed by atoms with Crippen LogP contribution in [0.1, 0.15) is 39.4 Å². The second-order valence-corrected chi connectivity index (χ2v) is 8.70. The maximum absolute atomic E-state index is 13.3. The molecule has 36 heavy (non-hydrogen) atoms. The number of hydrogen-bond donors (Lipinski definition) is 0. The summed E-state index contributed by atoms with van der Waals surface area (Å²) in [4.78, 5) is 25.9. The van der Waals surface area contributed by atoms with Crippen LogP contribution in [-0.4, -0.2) is 26.0 Å². The fraction of sp³-hybridized carbons (Fsp3) is 0.133. The zero-order valence-corrected chi connectivity index (χ0v) is 19.7. The lowest BCUT2D eigenvalue weighted by atomic mass is 9.82. The van der Waals surface area contributed by atoms with E-state index in [2.05, 4.69) is 0 Å². The van der Waals surface area contributed by atoms with Crippen molar-refractivity contribution in [3.8, 4) is 23.0 Å². The van der Waals surface area contributed by atoms with Crippen LogP contribution in [0.5, 0.6) is 23.0 Å². The number of benzene rings is 4. The number of methoxy groups -OCH3 is 2. The summed E-state index contributed by atoms with van der Waals surface area (Å²) in [5.74, 6) is 1.67. The molecule has 6 heteroatoms. The van der Waals surface area contributed by atoms with E-state index >= 15 is 0 Å². The third-order valence-corrected chi connectivity index (χ3v) is 6.71. The summed E-state index contributed by atoms with van der Waals surface area (Å²) in [5, 5.41) is 1.92. The van der Waals surface area contributed by atoms with Crippen LogP contribution in [0.3, 0.4) is 0 Å². The second kappa shape index (κ2) is 8.57.